The summed E-state index contributed by atoms with van der Waals surface area (Å²) in [6, 6.07) is 5.00. The summed E-state index contributed by atoms with van der Waals surface area (Å²) in [6.45, 7) is 5.57. The Bertz CT molecular complexity index is 1570. The van der Waals surface area contributed by atoms with E-state index in [1.807, 2.05) is 17.0 Å². The number of carbonyl (C=O) groups excluding carboxylic acids is 1. The van der Waals surface area contributed by atoms with E-state index in [4.69, 9.17) is 9.72 Å². The Morgan fingerprint density at radius 2 is 1.86 bits per heavy atom. The molecule has 1 N–H and O–H groups in total. The molecule has 0 spiro atoms. The Hall–Kier alpha value is -3.66. The van der Waals surface area contributed by atoms with Gasteiger partial charge in [-0.3, -0.25) is 9.78 Å². The van der Waals surface area contributed by atoms with Crippen molar-refractivity contribution in [2.75, 3.05) is 50.8 Å². The van der Waals surface area contributed by atoms with Crippen LogP contribution in [0.3, 0.4) is 0 Å². The molecular formula is C32H38F2N6O2. The molecule has 0 saturated carbocycles. The lowest BCUT2D eigenvalue weighted by Gasteiger charge is -2.27. The molecule has 3 aliphatic rings. The Balaban J connectivity index is 1.33. The van der Waals surface area contributed by atoms with Crippen LogP contribution in [-0.2, 0) is 4.79 Å². The Morgan fingerprint density at radius 1 is 0.976 bits per heavy atom. The van der Waals surface area contributed by atoms with Gasteiger partial charge in [-0.25, -0.2) is 8.78 Å². The summed E-state index contributed by atoms with van der Waals surface area (Å²) in [6.07, 6.45) is 11.3. The number of anilines is 1. The van der Waals surface area contributed by atoms with Crippen molar-refractivity contribution in [3.8, 4) is 6.01 Å². The number of halogens is 2. The first-order valence-electron chi connectivity index (χ1n) is 15.3. The van der Waals surface area contributed by atoms with Crippen molar-refractivity contribution >= 4 is 34.3 Å². The van der Waals surface area contributed by atoms with E-state index < -0.39 is 11.6 Å². The SMILES string of the molecule is O=C1CCN(c2nc(OCCCCCN3CCCC3)nc3c(F)c(C4=c5c(F)cccc5=CCC4)ncc23)CCCN1. The van der Waals surface area contributed by atoms with Crippen LogP contribution in [0, 0.1) is 11.6 Å². The van der Waals surface area contributed by atoms with Gasteiger partial charge in [-0.05, 0) is 87.9 Å². The first-order valence-corrected chi connectivity index (χ1v) is 15.3. The van der Waals surface area contributed by atoms with Gasteiger partial charge in [0, 0.05) is 37.5 Å². The molecule has 10 heteroatoms. The van der Waals surface area contributed by atoms with Crippen molar-refractivity contribution in [2.24, 2.45) is 0 Å². The molecule has 2 saturated heterocycles. The molecule has 222 valence electrons. The minimum atomic E-state index is -0.609. The molecule has 2 aromatic heterocycles. The highest BCUT2D eigenvalue weighted by molar-refractivity contribution is 5.91. The third-order valence-corrected chi connectivity index (χ3v) is 8.42. The predicted molar refractivity (Wildman–Crippen MR) is 159 cm³/mol. The van der Waals surface area contributed by atoms with Gasteiger partial charge in [-0.15, -0.1) is 0 Å². The Morgan fingerprint density at radius 3 is 2.74 bits per heavy atom. The van der Waals surface area contributed by atoms with E-state index in [1.165, 1.54) is 32.0 Å². The fourth-order valence-electron chi connectivity index (χ4n) is 6.23. The number of hydrogen-bond acceptors (Lipinski definition) is 7. The molecule has 2 aliphatic heterocycles. The lowest BCUT2D eigenvalue weighted by molar-refractivity contribution is -0.121. The first-order chi connectivity index (χ1) is 20.6. The number of rotatable bonds is 9. The van der Waals surface area contributed by atoms with Gasteiger partial charge in [0.05, 0.1) is 12.0 Å². The van der Waals surface area contributed by atoms with E-state index in [9.17, 15) is 9.18 Å². The van der Waals surface area contributed by atoms with Gasteiger partial charge in [0.2, 0.25) is 5.91 Å². The van der Waals surface area contributed by atoms with Gasteiger partial charge in [0.25, 0.3) is 0 Å². The molecule has 1 amide bonds. The van der Waals surface area contributed by atoms with Crippen molar-refractivity contribution in [1.29, 1.82) is 0 Å². The normalized spacial score (nSPS) is 17.9. The standard InChI is InChI=1S/C32H38F2N6O2/c33-25-12-7-10-22-9-6-11-23(27(22)25)29-28(34)30-24(21-36-29)31(40-18-8-14-35-26(41)13-19-40)38-32(37-30)42-20-5-1-2-15-39-16-3-4-17-39/h7,9-10,12,21H,1-6,8,11,13-20H2,(H,35,41). The molecule has 0 radical (unpaired) electrons. The van der Waals surface area contributed by atoms with Gasteiger partial charge in [0.15, 0.2) is 5.82 Å². The predicted octanol–water partition coefficient (Wildman–Crippen LogP) is 3.44. The second-order valence-corrected chi connectivity index (χ2v) is 11.3. The van der Waals surface area contributed by atoms with Crippen molar-refractivity contribution in [1.82, 2.24) is 25.2 Å². The summed E-state index contributed by atoms with van der Waals surface area (Å²) in [4.78, 5) is 30.4. The van der Waals surface area contributed by atoms with Gasteiger partial charge >= 0.3 is 6.01 Å². The number of fused-ring (bicyclic) bond motifs is 2. The molecule has 0 unspecified atom stereocenters. The summed E-state index contributed by atoms with van der Waals surface area (Å²) in [7, 11) is 0. The zero-order chi connectivity index (χ0) is 28.9. The average molecular weight is 577 g/mol. The third-order valence-electron chi connectivity index (χ3n) is 8.42. The summed E-state index contributed by atoms with van der Waals surface area (Å²) >= 11 is 0. The van der Waals surface area contributed by atoms with Crippen LogP contribution in [0.5, 0.6) is 6.01 Å². The molecule has 0 atom stereocenters. The monoisotopic (exact) mass is 576 g/mol. The maximum absolute atomic E-state index is 16.4. The Kier molecular flexibility index (Phi) is 8.88. The van der Waals surface area contributed by atoms with E-state index in [0.717, 1.165) is 37.4 Å². The molecule has 2 fully saturated rings. The number of hydrogen-bond donors (Lipinski definition) is 1. The number of nitrogens with zero attached hydrogens (tertiary/aromatic N) is 5. The van der Waals surface area contributed by atoms with Crippen LogP contribution in [0.15, 0.2) is 24.4 Å². The van der Waals surface area contributed by atoms with Crippen LogP contribution in [-0.4, -0.2) is 71.6 Å². The summed E-state index contributed by atoms with van der Waals surface area (Å²) in [5, 5.41) is 4.49. The fraction of sp³-hybridized carbons (Fsp3) is 0.500. The number of benzene rings is 1. The third kappa shape index (κ3) is 6.23. The number of unbranched alkanes of at least 4 members (excludes halogenated alkanes) is 2. The lowest BCUT2D eigenvalue weighted by Crippen LogP contribution is -2.37. The second-order valence-electron chi connectivity index (χ2n) is 11.3. The molecule has 42 heavy (non-hydrogen) atoms. The smallest absolute Gasteiger partial charge is 0.319 e. The number of carbonyl (C=O) groups is 1. The van der Waals surface area contributed by atoms with E-state index in [2.05, 4.69) is 20.2 Å². The van der Waals surface area contributed by atoms with Gasteiger partial charge < -0.3 is 19.9 Å². The quantitative estimate of drug-likeness (QED) is 0.391. The number of likely N-dealkylation sites (tertiary alicyclic amines) is 1. The molecule has 8 nitrogen and oxygen atoms in total. The molecule has 4 heterocycles. The number of amides is 1. The average Bonchev–Trinajstić information content (AvgIpc) is 3.51. The fourth-order valence-corrected chi connectivity index (χ4v) is 6.23. The topological polar surface area (TPSA) is 83.5 Å². The van der Waals surface area contributed by atoms with Crippen molar-refractivity contribution in [3.63, 3.8) is 0 Å². The summed E-state index contributed by atoms with van der Waals surface area (Å²) in [5.74, 6) is -0.523. The highest BCUT2D eigenvalue weighted by Crippen LogP contribution is 2.32. The second kappa shape index (κ2) is 13.1. The first kappa shape index (κ1) is 28.5. The van der Waals surface area contributed by atoms with E-state index in [-0.39, 0.29) is 23.1 Å². The van der Waals surface area contributed by atoms with Crippen LogP contribution >= 0.6 is 0 Å². The highest BCUT2D eigenvalue weighted by Gasteiger charge is 2.24. The maximum Gasteiger partial charge on any atom is 0.319 e. The van der Waals surface area contributed by atoms with Crippen LogP contribution in [0.1, 0.15) is 63.5 Å². The van der Waals surface area contributed by atoms with Crippen LogP contribution in [0.2, 0.25) is 0 Å². The lowest BCUT2D eigenvalue weighted by atomic mass is 9.95. The molecule has 3 aromatic rings. The van der Waals surface area contributed by atoms with E-state index in [1.54, 1.807) is 12.3 Å². The Labute approximate surface area is 244 Å². The molecule has 1 aromatic carbocycles. The zero-order valence-corrected chi connectivity index (χ0v) is 24.0. The highest BCUT2D eigenvalue weighted by atomic mass is 19.1. The van der Waals surface area contributed by atoms with Crippen molar-refractivity contribution in [2.45, 2.75) is 57.8 Å². The van der Waals surface area contributed by atoms with E-state index >= 15 is 4.39 Å². The number of aromatic nitrogens is 3. The maximum atomic E-state index is 16.4. The largest absolute Gasteiger partial charge is 0.463 e. The van der Waals surface area contributed by atoms with Crippen LogP contribution in [0.4, 0.5) is 14.6 Å². The van der Waals surface area contributed by atoms with Gasteiger partial charge in [0.1, 0.15) is 22.8 Å². The number of pyridine rings is 1. The molecule has 6 rings (SSSR count). The molecular weight excluding hydrogens is 538 g/mol. The molecule has 1 aliphatic carbocycles. The van der Waals surface area contributed by atoms with Crippen molar-refractivity contribution in [3.05, 3.63) is 52.2 Å². The van der Waals surface area contributed by atoms with Gasteiger partial charge in [-0.2, -0.15) is 9.97 Å². The number of nitrogens with one attached hydrogen (secondary N) is 1. The summed E-state index contributed by atoms with van der Waals surface area (Å²) in [5.41, 5.74) is 0.737. The zero-order valence-electron chi connectivity index (χ0n) is 24.0. The van der Waals surface area contributed by atoms with Crippen LogP contribution in [0.25, 0.3) is 22.6 Å². The van der Waals surface area contributed by atoms with Crippen LogP contribution < -0.4 is 25.4 Å². The minimum absolute atomic E-state index is 0.0266. The summed E-state index contributed by atoms with van der Waals surface area (Å²) < 4.78 is 37.4. The number of ether oxygens (including phenoxy) is 1. The minimum Gasteiger partial charge on any atom is -0.463 e. The van der Waals surface area contributed by atoms with Crippen molar-refractivity contribution < 1.29 is 18.3 Å². The molecule has 0 bridgehead atoms. The van der Waals surface area contributed by atoms with E-state index in [0.29, 0.717) is 67.5 Å². The van der Waals surface area contributed by atoms with Gasteiger partial charge in [-0.1, -0.05) is 18.2 Å².